The Morgan fingerprint density at radius 2 is 2.16 bits per heavy atom. The van der Waals surface area contributed by atoms with Gasteiger partial charge in [-0.05, 0) is 36.6 Å². The molecule has 0 aliphatic rings. The monoisotopic (exact) mass is 262 g/mol. The summed E-state index contributed by atoms with van der Waals surface area (Å²) in [5, 5.41) is 13.9. The van der Waals surface area contributed by atoms with E-state index in [-0.39, 0.29) is 18.3 Å². The van der Waals surface area contributed by atoms with Gasteiger partial charge in [-0.2, -0.15) is 5.10 Å². The van der Waals surface area contributed by atoms with Gasteiger partial charge in [-0.15, -0.1) is 0 Å². The fourth-order valence-electron chi connectivity index (χ4n) is 2.24. The summed E-state index contributed by atoms with van der Waals surface area (Å²) in [7, 11) is 1.90. The highest BCUT2D eigenvalue weighted by molar-refractivity contribution is 5.23. The maximum absolute atomic E-state index is 13.2. The van der Waals surface area contributed by atoms with Crippen LogP contribution in [-0.2, 0) is 19.9 Å². The first-order chi connectivity index (χ1) is 9.13. The summed E-state index contributed by atoms with van der Waals surface area (Å²) in [6, 6.07) is 8.46. The number of aryl methyl sites for hydroxylation is 2. The van der Waals surface area contributed by atoms with Crippen LogP contribution in [-0.4, -0.2) is 21.5 Å². The van der Waals surface area contributed by atoms with Crippen LogP contribution in [0.3, 0.4) is 0 Å². The molecule has 0 bridgehead atoms. The Kier molecular flexibility index (Phi) is 4.32. The number of aliphatic hydroxyl groups is 1. The molecule has 0 aliphatic heterocycles. The SMILES string of the molecule is CCc1cc(CC(CO)c2cccc(F)c2)n(C)n1. The fraction of sp³-hybridized carbons (Fsp3) is 0.400. The van der Waals surface area contributed by atoms with E-state index in [9.17, 15) is 9.50 Å². The quantitative estimate of drug-likeness (QED) is 0.898. The van der Waals surface area contributed by atoms with Crippen molar-refractivity contribution in [2.24, 2.45) is 7.05 Å². The average molecular weight is 262 g/mol. The summed E-state index contributed by atoms with van der Waals surface area (Å²) in [5.41, 5.74) is 2.91. The largest absolute Gasteiger partial charge is 0.396 e. The van der Waals surface area contributed by atoms with Crippen molar-refractivity contribution in [3.05, 3.63) is 53.1 Å². The maximum Gasteiger partial charge on any atom is 0.123 e. The topological polar surface area (TPSA) is 38.0 Å². The first-order valence-electron chi connectivity index (χ1n) is 6.52. The second-order valence-electron chi connectivity index (χ2n) is 4.74. The minimum absolute atomic E-state index is 0.00388. The minimum atomic E-state index is -0.268. The first kappa shape index (κ1) is 13.7. The van der Waals surface area contributed by atoms with Crippen molar-refractivity contribution in [3.8, 4) is 0 Å². The van der Waals surface area contributed by atoms with Crippen molar-refractivity contribution < 1.29 is 9.50 Å². The molecule has 1 aromatic heterocycles. The van der Waals surface area contributed by atoms with Crippen molar-refractivity contribution in [1.82, 2.24) is 9.78 Å². The lowest BCUT2D eigenvalue weighted by molar-refractivity contribution is 0.263. The van der Waals surface area contributed by atoms with E-state index in [0.717, 1.165) is 23.4 Å². The van der Waals surface area contributed by atoms with Crippen LogP contribution in [0.1, 0.15) is 29.8 Å². The molecule has 1 unspecified atom stereocenters. The molecule has 1 atom stereocenters. The number of rotatable bonds is 5. The predicted octanol–water partition coefficient (Wildman–Crippen LogP) is 2.44. The first-order valence-corrected chi connectivity index (χ1v) is 6.52. The molecule has 0 aliphatic carbocycles. The molecule has 19 heavy (non-hydrogen) atoms. The third-order valence-corrected chi connectivity index (χ3v) is 3.39. The average Bonchev–Trinajstić information content (AvgIpc) is 2.76. The zero-order valence-electron chi connectivity index (χ0n) is 11.3. The number of halogens is 1. The van der Waals surface area contributed by atoms with Gasteiger partial charge in [-0.25, -0.2) is 4.39 Å². The van der Waals surface area contributed by atoms with Crippen LogP contribution in [0.5, 0.6) is 0 Å². The van der Waals surface area contributed by atoms with Gasteiger partial charge in [0.2, 0.25) is 0 Å². The number of benzene rings is 1. The zero-order chi connectivity index (χ0) is 13.8. The van der Waals surface area contributed by atoms with Gasteiger partial charge < -0.3 is 5.11 Å². The standard InChI is InChI=1S/C15H19FN2O/c1-3-14-9-15(18(2)17-14)8-12(10-19)11-5-4-6-13(16)7-11/h4-7,9,12,19H,3,8,10H2,1-2H3. The van der Waals surface area contributed by atoms with Crippen LogP contribution in [0, 0.1) is 5.82 Å². The van der Waals surface area contributed by atoms with Gasteiger partial charge in [0.1, 0.15) is 5.82 Å². The number of nitrogens with zero attached hydrogens (tertiary/aromatic N) is 2. The Morgan fingerprint density at radius 1 is 1.37 bits per heavy atom. The maximum atomic E-state index is 13.2. The predicted molar refractivity (Wildman–Crippen MR) is 72.5 cm³/mol. The van der Waals surface area contributed by atoms with E-state index in [1.165, 1.54) is 12.1 Å². The van der Waals surface area contributed by atoms with Gasteiger partial charge in [-0.1, -0.05) is 19.1 Å². The van der Waals surface area contributed by atoms with Gasteiger partial charge in [0.05, 0.1) is 12.3 Å². The van der Waals surface area contributed by atoms with Crippen molar-refractivity contribution in [2.45, 2.75) is 25.7 Å². The van der Waals surface area contributed by atoms with E-state index < -0.39 is 0 Å². The van der Waals surface area contributed by atoms with Crippen LogP contribution in [0.15, 0.2) is 30.3 Å². The highest BCUT2D eigenvalue weighted by Crippen LogP contribution is 2.21. The highest BCUT2D eigenvalue weighted by Gasteiger charge is 2.15. The van der Waals surface area contributed by atoms with Crippen LogP contribution >= 0.6 is 0 Å². The molecule has 1 N–H and O–H groups in total. The van der Waals surface area contributed by atoms with E-state index in [1.54, 1.807) is 6.07 Å². The molecule has 2 rings (SSSR count). The van der Waals surface area contributed by atoms with Crippen molar-refractivity contribution in [2.75, 3.05) is 6.61 Å². The smallest absolute Gasteiger partial charge is 0.123 e. The molecule has 102 valence electrons. The Labute approximate surface area is 112 Å². The molecule has 4 heteroatoms. The van der Waals surface area contributed by atoms with E-state index in [4.69, 9.17) is 0 Å². The summed E-state index contributed by atoms with van der Waals surface area (Å²) in [4.78, 5) is 0. The molecule has 3 nitrogen and oxygen atoms in total. The lowest BCUT2D eigenvalue weighted by Crippen LogP contribution is -2.11. The molecular weight excluding hydrogens is 243 g/mol. The van der Waals surface area contributed by atoms with E-state index >= 15 is 0 Å². The normalized spacial score (nSPS) is 12.6. The number of hydrogen-bond donors (Lipinski definition) is 1. The van der Waals surface area contributed by atoms with Crippen LogP contribution < -0.4 is 0 Å². The molecule has 0 fully saturated rings. The lowest BCUT2D eigenvalue weighted by Gasteiger charge is -2.14. The fourth-order valence-corrected chi connectivity index (χ4v) is 2.24. The van der Waals surface area contributed by atoms with Crippen molar-refractivity contribution in [1.29, 1.82) is 0 Å². The van der Waals surface area contributed by atoms with Crippen LogP contribution in [0.2, 0.25) is 0 Å². The van der Waals surface area contributed by atoms with E-state index in [0.29, 0.717) is 6.42 Å². The third-order valence-electron chi connectivity index (χ3n) is 3.39. The van der Waals surface area contributed by atoms with Crippen molar-refractivity contribution >= 4 is 0 Å². The molecule has 0 saturated heterocycles. The lowest BCUT2D eigenvalue weighted by atomic mass is 9.95. The molecule has 1 heterocycles. The Hall–Kier alpha value is -1.68. The summed E-state index contributed by atoms with van der Waals surface area (Å²) < 4.78 is 15.1. The van der Waals surface area contributed by atoms with Gasteiger partial charge in [0, 0.05) is 18.7 Å². The number of aromatic nitrogens is 2. The Balaban J connectivity index is 2.21. The van der Waals surface area contributed by atoms with E-state index in [1.807, 2.05) is 23.9 Å². The zero-order valence-corrected chi connectivity index (χ0v) is 11.3. The third kappa shape index (κ3) is 3.20. The molecule has 2 aromatic rings. The second kappa shape index (κ2) is 5.97. The van der Waals surface area contributed by atoms with Crippen LogP contribution in [0.25, 0.3) is 0 Å². The van der Waals surface area contributed by atoms with Gasteiger partial charge in [-0.3, -0.25) is 4.68 Å². The van der Waals surface area contributed by atoms with E-state index in [2.05, 4.69) is 12.0 Å². The minimum Gasteiger partial charge on any atom is -0.396 e. The molecule has 0 saturated carbocycles. The second-order valence-corrected chi connectivity index (χ2v) is 4.74. The molecular formula is C15H19FN2O. The van der Waals surface area contributed by atoms with Gasteiger partial charge in [0.25, 0.3) is 0 Å². The molecule has 0 spiro atoms. The summed E-state index contributed by atoms with van der Waals surface area (Å²) in [5.74, 6) is -0.369. The molecule has 1 aromatic carbocycles. The van der Waals surface area contributed by atoms with Gasteiger partial charge in [0.15, 0.2) is 0 Å². The molecule has 0 amide bonds. The summed E-state index contributed by atoms with van der Waals surface area (Å²) >= 11 is 0. The van der Waals surface area contributed by atoms with Gasteiger partial charge >= 0.3 is 0 Å². The Bertz CT molecular complexity index is 551. The van der Waals surface area contributed by atoms with Crippen LogP contribution in [0.4, 0.5) is 4.39 Å². The Morgan fingerprint density at radius 3 is 2.74 bits per heavy atom. The number of hydrogen-bond acceptors (Lipinski definition) is 2. The summed E-state index contributed by atoms with van der Waals surface area (Å²) in [6.45, 7) is 2.05. The highest BCUT2D eigenvalue weighted by atomic mass is 19.1. The van der Waals surface area contributed by atoms with Crippen molar-refractivity contribution in [3.63, 3.8) is 0 Å². The molecule has 0 radical (unpaired) electrons. The summed E-state index contributed by atoms with van der Waals surface area (Å²) in [6.07, 6.45) is 1.54. The number of aliphatic hydroxyl groups excluding tert-OH is 1.